The number of hydrogen-bond donors (Lipinski definition) is 2. The van der Waals surface area contributed by atoms with Crippen molar-refractivity contribution >= 4 is 11.6 Å². The molecule has 0 aliphatic heterocycles. The molecule has 0 saturated carbocycles. The van der Waals surface area contributed by atoms with Gasteiger partial charge >= 0.3 is 0 Å². The van der Waals surface area contributed by atoms with E-state index in [1.165, 1.54) is 12.1 Å². The van der Waals surface area contributed by atoms with Crippen LogP contribution in [-0.2, 0) is 0 Å². The molecule has 0 unspecified atom stereocenters. The van der Waals surface area contributed by atoms with E-state index in [-0.39, 0.29) is 23.6 Å². The first-order valence-corrected chi connectivity index (χ1v) is 4.27. The summed E-state index contributed by atoms with van der Waals surface area (Å²) >= 11 is 5.53. The lowest BCUT2D eigenvalue weighted by atomic mass is 10.1. The van der Waals surface area contributed by atoms with Crippen LogP contribution in [0.25, 0.3) is 0 Å². The van der Waals surface area contributed by atoms with Crippen molar-refractivity contribution in [2.24, 2.45) is 0 Å². The van der Waals surface area contributed by atoms with E-state index in [2.05, 4.69) is 0 Å². The zero-order valence-corrected chi connectivity index (χ0v) is 7.63. The molecule has 0 aliphatic carbocycles. The maximum absolute atomic E-state index is 13.1. The smallest absolute Gasteiger partial charge is 0.130 e. The topological polar surface area (TPSA) is 40.5 Å². The van der Waals surface area contributed by atoms with Gasteiger partial charge in [-0.05, 0) is 12.1 Å². The van der Waals surface area contributed by atoms with Crippen LogP contribution in [0.3, 0.4) is 0 Å². The maximum atomic E-state index is 13.1. The minimum atomic E-state index is -0.970. The lowest BCUT2D eigenvalue weighted by Gasteiger charge is -2.09. The highest BCUT2D eigenvalue weighted by Gasteiger charge is 2.11. The van der Waals surface area contributed by atoms with E-state index in [0.29, 0.717) is 0 Å². The zero-order chi connectivity index (χ0) is 9.84. The zero-order valence-electron chi connectivity index (χ0n) is 6.87. The molecule has 0 saturated heterocycles. The van der Waals surface area contributed by atoms with Gasteiger partial charge < -0.3 is 10.2 Å². The second-order valence-electron chi connectivity index (χ2n) is 2.69. The van der Waals surface area contributed by atoms with E-state index < -0.39 is 11.9 Å². The maximum Gasteiger partial charge on any atom is 0.130 e. The number of halogens is 2. The molecule has 2 N–H and O–H groups in total. The third-order valence-electron chi connectivity index (χ3n) is 1.72. The fourth-order valence-corrected chi connectivity index (χ4v) is 1.21. The Bertz CT molecular complexity index is 291. The van der Waals surface area contributed by atoms with Crippen LogP contribution in [0, 0.1) is 5.82 Å². The summed E-state index contributed by atoms with van der Waals surface area (Å²) in [6, 6.07) is 4.05. The van der Waals surface area contributed by atoms with Gasteiger partial charge in [0.1, 0.15) is 5.82 Å². The summed E-state index contributed by atoms with van der Waals surface area (Å²) in [5.74, 6) is -0.548. The van der Waals surface area contributed by atoms with Crippen molar-refractivity contribution in [1.82, 2.24) is 0 Å². The number of aliphatic hydroxyl groups excluding tert-OH is 2. The predicted molar refractivity (Wildman–Crippen MR) is 48.1 cm³/mol. The summed E-state index contributed by atoms with van der Waals surface area (Å²) in [7, 11) is 0. The van der Waals surface area contributed by atoms with Gasteiger partial charge in [-0.25, -0.2) is 4.39 Å². The van der Waals surface area contributed by atoms with Crippen molar-refractivity contribution in [1.29, 1.82) is 0 Å². The largest absolute Gasteiger partial charge is 0.396 e. The Balaban J connectivity index is 2.88. The van der Waals surface area contributed by atoms with Crippen LogP contribution in [0.2, 0.25) is 5.02 Å². The Morgan fingerprint density at radius 2 is 2.15 bits per heavy atom. The van der Waals surface area contributed by atoms with E-state index in [1.54, 1.807) is 0 Å². The highest BCUT2D eigenvalue weighted by molar-refractivity contribution is 6.30. The van der Waals surface area contributed by atoms with Crippen LogP contribution in [-0.4, -0.2) is 16.8 Å². The standard InChI is InChI=1S/C9H10ClFO2/c10-6-1-2-7(8(11)5-6)9(13)3-4-12/h1-2,5,9,12-13H,3-4H2/t9-/m0/s1. The summed E-state index contributed by atoms with van der Waals surface area (Å²) in [4.78, 5) is 0. The minimum absolute atomic E-state index is 0.124. The number of aliphatic hydroxyl groups is 2. The predicted octanol–water partition coefficient (Wildman–Crippen LogP) is 1.89. The summed E-state index contributed by atoms with van der Waals surface area (Å²) in [5.41, 5.74) is 0.165. The molecule has 0 amide bonds. The molecule has 0 radical (unpaired) electrons. The first kappa shape index (κ1) is 10.4. The van der Waals surface area contributed by atoms with Crippen molar-refractivity contribution in [2.75, 3.05) is 6.61 Å². The van der Waals surface area contributed by atoms with Crippen molar-refractivity contribution in [3.63, 3.8) is 0 Å². The van der Waals surface area contributed by atoms with E-state index in [4.69, 9.17) is 16.7 Å². The second kappa shape index (κ2) is 4.56. The fourth-order valence-electron chi connectivity index (χ4n) is 1.05. The Labute approximate surface area is 80.6 Å². The summed E-state index contributed by atoms with van der Waals surface area (Å²) in [6.07, 6.45) is -0.847. The highest BCUT2D eigenvalue weighted by atomic mass is 35.5. The molecule has 1 atom stereocenters. The lowest BCUT2D eigenvalue weighted by Crippen LogP contribution is -2.02. The van der Waals surface area contributed by atoms with Crippen molar-refractivity contribution in [3.05, 3.63) is 34.6 Å². The molecule has 0 aliphatic rings. The van der Waals surface area contributed by atoms with E-state index >= 15 is 0 Å². The average molecular weight is 205 g/mol. The van der Waals surface area contributed by atoms with Gasteiger partial charge in [-0.15, -0.1) is 0 Å². The van der Waals surface area contributed by atoms with Crippen molar-refractivity contribution in [2.45, 2.75) is 12.5 Å². The molecular formula is C9H10ClFO2. The van der Waals surface area contributed by atoms with Crippen molar-refractivity contribution in [3.8, 4) is 0 Å². The second-order valence-corrected chi connectivity index (χ2v) is 3.13. The molecule has 0 heterocycles. The third kappa shape index (κ3) is 2.66. The SMILES string of the molecule is OCC[C@H](O)c1ccc(Cl)cc1F. The third-order valence-corrected chi connectivity index (χ3v) is 1.96. The first-order chi connectivity index (χ1) is 6.15. The molecular weight excluding hydrogens is 195 g/mol. The number of rotatable bonds is 3. The molecule has 0 bridgehead atoms. The highest BCUT2D eigenvalue weighted by Crippen LogP contribution is 2.22. The van der Waals surface area contributed by atoms with Crippen LogP contribution in [0.1, 0.15) is 18.1 Å². The Hall–Kier alpha value is -0.640. The normalized spacial score (nSPS) is 12.9. The van der Waals surface area contributed by atoms with Gasteiger partial charge in [-0.3, -0.25) is 0 Å². The van der Waals surface area contributed by atoms with Gasteiger partial charge in [-0.1, -0.05) is 17.7 Å². The molecule has 13 heavy (non-hydrogen) atoms. The van der Waals surface area contributed by atoms with E-state index in [1.807, 2.05) is 0 Å². The molecule has 4 heteroatoms. The van der Waals surface area contributed by atoms with Crippen molar-refractivity contribution < 1.29 is 14.6 Å². The van der Waals surface area contributed by atoms with Gasteiger partial charge in [0, 0.05) is 23.6 Å². The summed E-state index contributed by atoms with van der Waals surface area (Å²) < 4.78 is 13.1. The number of hydrogen-bond acceptors (Lipinski definition) is 2. The van der Waals surface area contributed by atoms with E-state index in [0.717, 1.165) is 6.07 Å². The van der Waals surface area contributed by atoms with E-state index in [9.17, 15) is 9.50 Å². The van der Waals surface area contributed by atoms with Crippen LogP contribution >= 0.6 is 11.6 Å². The van der Waals surface area contributed by atoms with Crippen LogP contribution in [0.4, 0.5) is 4.39 Å². The van der Waals surface area contributed by atoms with Crippen LogP contribution < -0.4 is 0 Å². The number of benzene rings is 1. The quantitative estimate of drug-likeness (QED) is 0.790. The van der Waals surface area contributed by atoms with Crippen LogP contribution in [0.5, 0.6) is 0 Å². The van der Waals surface area contributed by atoms with Crippen LogP contribution in [0.15, 0.2) is 18.2 Å². The van der Waals surface area contributed by atoms with Gasteiger partial charge in [0.05, 0.1) is 6.10 Å². The lowest BCUT2D eigenvalue weighted by molar-refractivity contribution is 0.131. The van der Waals surface area contributed by atoms with Gasteiger partial charge in [0.15, 0.2) is 0 Å². The molecule has 72 valence electrons. The first-order valence-electron chi connectivity index (χ1n) is 3.89. The summed E-state index contributed by atoms with van der Waals surface area (Å²) in [6.45, 7) is -0.177. The summed E-state index contributed by atoms with van der Waals surface area (Å²) in [5, 5.41) is 18.2. The monoisotopic (exact) mass is 204 g/mol. The molecule has 0 aromatic heterocycles. The van der Waals surface area contributed by atoms with Gasteiger partial charge in [0.2, 0.25) is 0 Å². The van der Waals surface area contributed by atoms with Gasteiger partial charge in [0.25, 0.3) is 0 Å². The van der Waals surface area contributed by atoms with Gasteiger partial charge in [-0.2, -0.15) is 0 Å². The molecule has 1 aromatic rings. The molecule has 0 spiro atoms. The molecule has 1 aromatic carbocycles. The minimum Gasteiger partial charge on any atom is -0.396 e. The Morgan fingerprint density at radius 3 is 2.69 bits per heavy atom. The Kier molecular flexibility index (Phi) is 3.66. The molecule has 2 nitrogen and oxygen atoms in total. The Morgan fingerprint density at radius 1 is 1.46 bits per heavy atom. The molecule has 0 fully saturated rings. The molecule has 1 rings (SSSR count). The fraction of sp³-hybridized carbons (Fsp3) is 0.333. The average Bonchev–Trinajstić information content (AvgIpc) is 2.04.